The summed E-state index contributed by atoms with van der Waals surface area (Å²) < 4.78 is 0. The fourth-order valence-corrected chi connectivity index (χ4v) is 5.82. The summed E-state index contributed by atoms with van der Waals surface area (Å²) in [6, 6.07) is 4.62. The minimum Gasteiger partial charge on any atom is -0.371 e. The van der Waals surface area contributed by atoms with Gasteiger partial charge in [-0.05, 0) is 56.1 Å². The zero-order valence-electron chi connectivity index (χ0n) is 16.4. The number of carbonyl (C=O) groups excluding carboxylic acids is 2. The summed E-state index contributed by atoms with van der Waals surface area (Å²) in [6.45, 7) is 2.57. The van der Waals surface area contributed by atoms with E-state index in [1.807, 2.05) is 12.4 Å². The van der Waals surface area contributed by atoms with Crippen LogP contribution in [0.2, 0.25) is 0 Å². The number of nitrogens with zero attached hydrogens (tertiary/aromatic N) is 3. The molecule has 4 fully saturated rings. The van der Waals surface area contributed by atoms with E-state index in [0.29, 0.717) is 36.8 Å². The van der Waals surface area contributed by atoms with Crippen molar-refractivity contribution in [3.8, 4) is 0 Å². The Morgan fingerprint density at radius 2 is 1.89 bits per heavy atom. The first-order valence-electron chi connectivity index (χ1n) is 10.9. The number of rotatable bonds is 4. The Balaban J connectivity index is 1.37. The zero-order chi connectivity index (χ0) is 19.1. The molecule has 5 rings (SSSR count). The summed E-state index contributed by atoms with van der Waals surface area (Å²) in [5, 5.41) is 3.20. The molecule has 2 amide bonds. The highest BCUT2D eigenvalue weighted by atomic mass is 16.2. The van der Waals surface area contributed by atoms with Gasteiger partial charge < -0.3 is 15.1 Å². The highest BCUT2D eigenvalue weighted by Gasteiger charge is 2.49. The molecule has 4 heterocycles. The first kappa shape index (κ1) is 18.0. The van der Waals surface area contributed by atoms with Gasteiger partial charge in [-0.3, -0.25) is 14.6 Å². The number of anilines is 1. The van der Waals surface area contributed by atoms with E-state index in [4.69, 9.17) is 0 Å². The Labute approximate surface area is 166 Å². The van der Waals surface area contributed by atoms with Crippen LogP contribution in [-0.4, -0.2) is 53.4 Å². The number of hydrogen-bond donors (Lipinski definition) is 1. The first-order chi connectivity index (χ1) is 13.7. The second-order valence-electron chi connectivity index (χ2n) is 9.07. The third kappa shape index (κ3) is 3.16. The van der Waals surface area contributed by atoms with Crippen LogP contribution in [0.1, 0.15) is 44.9 Å². The molecule has 0 spiro atoms. The van der Waals surface area contributed by atoms with Crippen molar-refractivity contribution in [2.45, 2.75) is 57.0 Å². The van der Waals surface area contributed by atoms with Crippen molar-refractivity contribution in [2.24, 2.45) is 17.8 Å². The van der Waals surface area contributed by atoms with Gasteiger partial charge in [-0.1, -0.05) is 6.42 Å². The minimum atomic E-state index is 0.128. The number of fused-ring (bicyclic) bond motifs is 4. The third-order valence-electron chi connectivity index (χ3n) is 7.49. The third-order valence-corrected chi connectivity index (χ3v) is 7.49. The lowest BCUT2D eigenvalue weighted by Crippen LogP contribution is -2.67. The van der Waals surface area contributed by atoms with Crippen molar-refractivity contribution >= 4 is 17.5 Å². The monoisotopic (exact) mass is 382 g/mol. The smallest absolute Gasteiger partial charge is 0.223 e. The Morgan fingerprint density at radius 3 is 2.64 bits per heavy atom. The maximum absolute atomic E-state index is 12.9. The highest BCUT2D eigenvalue weighted by molar-refractivity contribution is 5.80. The van der Waals surface area contributed by atoms with Gasteiger partial charge >= 0.3 is 0 Å². The van der Waals surface area contributed by atoms with Crippen molar-refractivity contribution in [3.05, 3.63) is 24.5 Å². The molecule has 1 N–H and O–H groups in total. The highest BCUT2D eigenvalue weighted by Crippen LogP contribution is 2.42. The van der Waals surface area contributed by atoms with E-state index in [1.165, 1.54) is 18.5 Å². The van der Waals surface area contributed by atoms with Crippen LogP contribution in [0.15, 0.2) is 24.5 Å². The molecule has 3 aliphatic heterocycles. The van der Waals surface area contributed by atoms with Crippen LogP contribution < -0.4 is 10.2 Å². The fourth-order valence-electron chi connectivity index (χ4n) is 5.82. The molecule has 4 aliphatic rings. The summed E-state index contributed by atoms with van der Waals surface area (Å²) in [4.78, 5) is 34.1. The average Bonchev–Trinajstić information content (AvgIpc) is 2.67. The second kappa shape index (κ2) is 7.37. The lowest BCUT2D eigenvalue weighted by atomic mass is 9.72. The summed E-state index contributed by atoms with van der Waals surface area (Å²) in [5.41, 5.74) is 1.22. The van der Waals surface area contributed by atoms with Crippen molar-refractivity contribution in [1.82, 2.24) is 15.2 Å². The molecule has 1 aliphatic carbocycles. The molecule has 150 valence electrons. The molecule has 0 radical (unpaired) electrons. The number of carbonyl (C=O) groups is 2. The Hall–Kier alpha value is -2.11. The predicted molar refractivity (Wildman–Crippen MR) is 107 cm³/mol. The minimum absolute atomic E-state index is 0.128. The Morgan fingerprint density at radius 1 is 1.11 bits per heavy atom. The molecule has 4 atom stereocenters. The number of amides is 2. The fraction of sp³-hybridized carbons (Fsp3) is 0.682. The van der Waals surface area contributed by atoms with Gasteiger partial charge in [0.1, 0.15) is 0 Å². The van der Waals surface area contributed by atoms with Crippen LogP contribution in [0.4, 0.5) is 5.69 Å². The van der Waals surface area contributed by atoms with Crippen molar-refractivity contribution in [2.75, 3.05) is 24.5 Å². The quantitative estimate of drug-likeness (QED) is 0.867. The van der Waals surface area contributed by atoms with E-state index >= 15 is 0 Å². The molecule has 3 saturated heterocycles. The normalized spacial score (nSPS) is 32.5. The first-order valence-corrected chi connectivity index (χ1v) is 10.9. The van der Waals surface area contributed by atoms with Crippen LogP contribution in [0.5, 0.6) is 0 Å². The predicted octanol–water partition coefficient (Wildman–Crippen LogP) is 2.20. The maximum atomic E-state index is 12.9. The van der Waals surface area contributed by atoms with Gasteiger partial charge in [-0.15, -0.1) is 0 Å². The van der Waals surface area contributed by atoms with Crippen molar-refractivity contribution in [3.63, 3.8) is 0 Å². The lowest BCUT2D eigenvalue weighted by Gasteiger charge is -2.57. The van der Waals surface area contributed by atoms with E-state index in [-0.39, 0.29) is 17.9 Å². The summed E-state index contributed by atoms with van der Waals surface area (Å²) in [7, 11) is 0. The lowest BCUT2D eigenvalue weighted by molar-refractivity contribution is -0.149. The topological polar surface area (TPSA) is 65.5 Å². The van der Waals surface area contributed by atoms with Crippen LogP contribution >= 0.6 is 0 Å². The molecule has 6 nitrogen and oxygen atoms in total. The molecule has 1 aromatic heterocycles. The number of aromatic nitrogens is 1. The molecule has 0 unspecified atom stereocenters. The van der Waals surface area contributed by atoms with Gasteiger partial charge in [0, 0.05) is 56.1 Å². The average molecular weight is 383 g/mol. The van der Waals surface area contributed by atoms with E-state index in [1.54, 1.807) is 0 Å². The molecular formula is C22H30N4O2. The number of hydrogen-bond acceptors (Lipinski definition) is 4. The van der Waals surface area contributed by atoms with Crippen LogP contribution in [0.3, 0.4) is 0 Å². The second-order valence-corrected chi connectivity index (χ2v) is 9.07. The zero-order valence-corrected chi connectivity index (χ0v) is 16.4. The summed E-state index contributed by atoms with van der Waals surface area (Å²) in [5.74, 6) is 1.62. The molecule has 0 aromatic carbocycles. The van der Waals surface area contributed by atoms with E-state index in [2.05, 4.69) is 32.2 Å². The largest absolute Gasteiger partial charge is 0.371 e. The Bertz CT molecular complexity index is 735. The molecule has 1 aromatic rings. The number of pyridine rings is 1. The molecule has 2 bridgehead atoms. The Kier molecular flexibility index (Phi) is 4.73. The van der Waals surface area contributed by atoms with Crippen LogP contribution in [0, 0.1) is 17.8 Å². The van der Waals surface area contributed by atoms with Crippen LogP contribution in [0.25, 0.3) is 0 Å². The van der Waals surface area contributed by atoms with E-state index in [9.17, 15) is 9.59 Å². The molecule has 6 heteroatoms. The summed E-state index contributed by atoms with van der Waals surface area (Å²) in [6.07, 6.45) is 10.8. The van der Waals surface area contributed by atoms with Gasteiger partial charge in [0.25, 0.3) is 0 Å². The summed E-state index contributed by atoms with van der Waals surface area (Å²) >= 11 is 0. The van der Waals surface area contributed by atoms with Gasteiger partial charge in [-0.25, -0.2) is 0 Å². The standard InChI is InChI=1S/C22H30N4O2/c27-21-6-2-5-19-16-11-17(14-25(13-16)18-7-9-23-10-8-18)20(26(19)21)12-24-22(28)15-3-1-4-15/h7-10,15-17,19-20H,1-6,11-14H2,(H,24,28)/t16-,17+,19+,20+/m1/s1. The van der Waals surface area contributed by atoms with Crippen LogP contribution in [-0.2, 0) is 9.59 Å². The van der Waals surface area contributed by atoms with Gasteiger partial charge in [0.15, 0.2) is 0 Å². The van der Waals surface area contributed by atoms with Crippen molar-refractivity contribution < 1.29 is 9.59 Å². The van der Waals surface area contributed by atoms with Gasteiger partial charge in [-0.2, -0.15) is 0 Å². The van der Waals surface area contributed by atoms with Gasteiger partial charge in [0.05, 0.1) is 6.04 Å². The SMILES string of the molecule is O=C(NC[C@H]1[C@H]2C[C@H](CN(c3ccncc3)C2)[C@@H]2CCCC(=O)N21)C1CCC1. The number of piperidine rings is 3. The van der Waals surface area contributed by atoms with E-state index in [0.717, 1.165) is 38.8 Å². The maximum Gasteiger partial charge on any atom is 0.223 e. The molecular weight excluding hydrogens is 352 g/mol. The van der Waals surface area contributed by atoms with Gasteiger partial charge in [0.2, 0.25) is 11.8 Å². The number of nitrogens with one attached hydrogen (secondary N) is 1. The van der Waals surface area contributed by atoms with E-state index < -0.39 is 0 Å². The molecule has 28 heavy (non-hydrogen) atoms. The molecule has 1 saturated carbocycles. The van der Waals surface area contributed by atoms with Crippen molar-refractivity contribution in [1.29, 1.82) is 0 Å².